The summed E-state index contributed by atoms with van der Waals surface area (Å²) in [6, 6.07) is 6.10. The van der Waals surface area contributed by atoms with Gasteiger partial charge in [0.15, 0.2) is 0 Å². The minimum atomic E-state index is -0.761. The number of hydrogen-bond donors (Lipinski definition) is 2. The Bertz CT molecular complexity index is 1220. The molecule has 0 saturated carbocycles. The van der Waals surface area contributed by atoms with Crippen molar-refractivity contribution in [2.45, 2.75) is 31.1 Å². The fraction of sp³-hybridized carbons (Fsp3) is 0.375. The van der Waals surface area contributed by atoms with Gasteiger partial charge in [-0.3, -0.25) is 9.48 Å². The number of rotatable bonds is 6. The maximum absolute atomic E-state index is 14.5. The number of carbonyl (C=O) groups excluding carboxylic acids is 1. The van der Waals surface area contributed by atoms with Gasteiger partial charge in [0, 0.05) is 31.8 Å². The van der Waals surface area contributed by atoms with Gasteiger partial charge in [0.1, 0.15) is 34.9 Å². The molecule has 3 aromatic rings. The first-order valence-corrected chi connectivity index (χ1v) is 11.1. The minimum Gasteiger partial charge on any atom is -0.497 e. The average Bonchev–Trinajstić information content (AvgIpc) is 3.10. The SMILES string of the molecule is COc1ccc(-c2nc(C(=O)Nc3cnn(C)c3[C@@H]3CC[C@@H](N)[C@@H](OC)CO3)ccc2F)c(F)c1. The van der Waals surface area contributed by atoms with Crippen molar-refractivity contribution in [1.82, 2.24) is 14.8 Å². The summed E-state index contributed by atoms with van der Waals surface area (Å²) in [6.45, 7) is 0.303. The summed E-state index contributed by atoms with van der Waals surface area (Å²) in [7, 11) is 4.73. The number of amides is 1. The van der Waals surface area contributed by atoms with E-state index in [0.717, 1.165) is 12.1 Å². The van der Waals surface area contributed by atoms with Crippen LogP contribution in [0.5, 0.6) is 5.75 Å². The molecule has 3 N–H and O–H groups in total. The molecule has 0 spiro atoms. The third-order valence-electron chi connectivity index (χ3n) is 6.05. The summed E-state index contributed by atoms with van der Waals surface area (Å²) in [4.78, 5) is 17.1. The second-order valence-corrected chi connectivity index (χ2v) is 8.23. The maximum atomic E-state index is 14.5. The number of benzene rings is 1. The largest absolute Gasteiger partial charge is 0.497 e. The number of halogens is 2. The van der Waals surface area contributed by atoms with Gasteiger partial charge in [0.05, 0.1) is 37.4 Å². The molecule has 4 rings (SSSR count). The van der Waals surface area contributed by atoms with Crippen molar-refractivity contribution in [2.24, 2.45) is 12.8 Å². The summed E-state index contributed by atoms with van der Waals surface area (Å²) >= 11 is 0. The van der Waals surface area contributed by atoms with Gasteiger partial charge in [-0.05, 0) is 37.1 Å². The molecule has 1 aromatic carbocycles. The maximum Gasteiger partial charge on any atom is 0.274 e. The minimum absolute atomic E-state index is 0.0871. The molecule has 11 heteroatoms. The van der Waals surface area contributed by atoms with Gasteiger partial charge in [0.25, 0.3) is 5.91 Å². The Labute approximate surface area is 201 Å². The third-order valence-corrected chi connectivity index (χ3v) is 6.05. The van der Waals surface area contributed by atoms with E-state index in [-0.39, 0.29) is 41.0 Å². The van der Waals surface area contributed by atoms with E-state index in [4.69, 9.17) is 19.9 Å². The molecular formula is C24H27F2N5O4. The molecule has 9 nitrogen and oxygen atoms in total. The first-order chi connectivity index (χ1) is 16.8. The zero-order valence-corrected chi connectivity index (χ0v) is 19.6. The number of pyridine rings is 1. The number of carbonyl (C=O) groups is 1. The molecule has 2 aromatic heterocycles. The highest BCUT2D eigenvalue weighted by atomic mass is 19.1. The van der Waals surface area contributed by atoms with E-state index in [1.807, 2.05) is 0 Å². The van der Waals surface area contributed by atoms with Crippen molar-refractivity contribution in [2.75, 3.05) is 26.1 Å². The van der Waals surface area contributed by atoms with Gasteiger partial charge in [-0.1, -0.05) is 0 Å². The highest BCUT2D eigenvalue weighted by molar-refractivity contribution is 6.03. The number of hydrogen-bond acceptors (Lipinski definition) is 7. The van der Waals surface area contributed by atoms with Crippen LogP contribution in [0, 0.1) is 11.6 Å². The number of ether oxygens (including phenoxy) is 3. The van der Waals surface area contributed by atoms with Crippen LogP contribution in [0.4, 0.5) is 14.5 Å². The topological polar surface area (TPSA) is 114 Å². The van der Waals surface area contributed by atoms with Crippen LogP contribution in [-0.2, 0) is 16.5 Å². The van der Waals surface area contributed by atoms with Crippen LogP contribution in [0.25, 0.3) is 11.3 Å². The van der Waals surface area contributed by atoms with E-state index in [1.54, 1.807) is 18.8 Å². The van der Waals surface area contributed by atoms with Gasteiger partial charge in [-0.15, -0.1) is 0 Å². The molecule has 186 valence electrons. The Morgan fingerprint density at radius 3 is 2.71 bits per heavy atom. The van der Waals surface area contributed by atoms with Crippen LogP contribution in [0.3, 0.4) is 0 Å². The van der Waals surface area contributed by atoms with Crippen molar-refractivity contribution >= 4 is 11.6 Å². The first kappa shape index (κ1) is 24.7. The molecule has 0 aliphatic carbocycles. The highest BCUT2D eigenvalue weighted by Gasteiger charge is 2.30. The van der Waals surface area contributed by atoms with Gasteiger partial charge < -0.3 is 25.3 Å². The van der Waals surface area contributed by atoms with Crippen molar-refractivity contribution in [3.63, 3.8) is 0 Å². The Morgan fingerprint density at radius 1 is 1.20 bits per heavy atom. The molecule has 1 saturated heterocycles. The smallest absolute Gasteiger partial charge is 0.274 e. The molecular weight excluding hydrogens is 460 g/mol. The van der Waals surface area contributed by atoms with Gasteiger partial charge >= 0.3 is 0 Å². The predicted octanol–water partition coefficient (Wildman–Crippen LogP) is 3.22. The Kier molecular flexibility index (Phi) is 7.39. The monoisotopic (exact) mass is 487 g/mol. The number of nitrogens with one attached hydrogen (secondary N) is 1. The van der Waals surface area contributed by atoms with E-state index in [9.17, 15) is 13.6 Å². The normalized spacial score (nSPS) is 20.3. The molecule has 1 aliphatic rings. The number of aromatic nitrogens is 3. The highest BCUT2D eigenvalue weighted by Crippen LogP contribution is 2.33. The molecule has 0 radical (unpaired) electrons. The zero-order valence-electron chi connectivity index (χ0n) is 19.6. The number of nitrogens with zero attached hydrogens (tertiary/aromatic N) is 3. The molecule has 1 aliphatic heterocycles. The Hall–Kier alpha value is -3.41. The summed E-state index contributed by atoms with van der Waals surface area (Å²) in [6.07, 6.45) is 2.18. The number of nitrogens with two attached hydrogens (primary N) is 1. The van der Waals surface area contributed by atoms with E-state index < -0.39 is 17.5 Å². The summed E-state index contributed by atoms with van der Waals surface area (Å²) in [5.74, 6) is -1.80. The zero-order chi connectivity index (χ0) is 25.1. The number of anilines is 1. The van der Waals surface area contributed by atoms with Gasteiger partial charge in [-0.2, -0.15) is 5.10 Å². The lowest BCUT2D eigenvalue weighted by molar-refractivity contribution is -0.0211. The van der Waals surface area contributed by atoms with Gasteiger partial charge in [-0.25, -0.2) is 13.8 Å². The molecule has 3 atom stereocenters. The fourth-order valence-corrected chi connectivity index (χ4v) is 4.09. The molecule has 35 heavy (non-hydrogen) atoms. The second kappa shape index (κ2) is 10.5. The lowest BCUT2D eigenvalue weighted by Crippen LogP contribution is -2.37. The van der Waals surface area contributed by atoms with Crippen LogP contribution in [-0.4, -0.2) is 53.6 Å². The van der Waals surface area contributed by atoms with E-state index in [2.05, 4.69) is 15.4 Å². The van der Waals surface area contributed by atoms with E-state index >= 15 is 0 Å². The van der Waals surface area contributed by atoms with E-state index in [1.165, 1.54) is 31.5 Å². The Balaban J connectivity index is 1.58. The van der Waals surface area contributed by atoms with Crippen molar-refractivity contribution in [1.29, 1.82) is 0 Å². The number of methoxy groups -OCH3 is 2. The van der Waals surface area contributed by atoms with Crippen LogP contribution in [0.15, 0.2) is 36.5 Å². The summed E-state index contributed by atoms with van der Waals surface area (Å²) < 4.78 is 47.1. The lowest BCUT2D eigenvalue weighted by Gasteiger charge is -2.19. The molecule has 1 fully saturated rings. The second-order valence-electron chi connectivity index (χ2n) is 8.23. The molecule has 0 bridgehead atoms. The fourth-order valence-electron chi connectivity index (χ4n) is 4.09. The lowest BCUT2D eigenvalue weighted by atomic mass is 10.0. The van der Waals surface area contributed by atoms with Crippen molar-refractivity contribution < 1.29 is 27.8 Å². The van der Waals surface area contributed by atoms with Crippen molar-refractivity contribution in [3.05, 3.63) is 59.6 Å². The number of aryl methyl sites for hydroxylation is 1. The van der Waals surface area contributed by atoms with Gasteiger partial charge in [0.2, 0.25) is 0 Å². The van der Waals surface area contributed by atoms with Crippen LogP contribution < -0.4 is 15.8 Å². The van der Waals surface area contributed by atoms with Crippen LogP contribution >= 0.6 is 0 Å². The Morgan fingerprint density at radius 2 is 2.00 bits per heavy atom. The first-order valence-electron chi connectivity index (χ1n) is 11.1. The quantitative estimate of drug-likeness (QED) is 0.549. The van der Waals surface area contributed by atoms with E-state index in [0.29, 0.717) is 30.8 Å². The van der Waals surface area contributed by atoms with Crippen LogP contribution in [0.1, 0.15) is 35.1 Å². The predicted molar refractivity (Wildman–Crippen MR) is 124 cm³/mol. The third kappa shape index (κ3) is 5.16. The van der Waals surface area contributed by atoms with Crippen LogP contribution in [0.2, 0.25) is 0 Å². The summed E-state index contributed by atoms with van der Waals surface area (Å²) in [5, 5.41) is 7.02. The molecule has 0 unspecified atom stereocenters. The average molecular weight is 488 g/mol. The standard InChI is InChI=1S/C24H27F2N5O4/c1-31-23(20-9-7-17(27)21(34-3)12-35-20)19(11-28-31)30-24(32)18-8-6-15(25)22(29-18)14-5-4-13(33-2)10-16(14)26/h4-6,8,10-11,17,20-21H,7,9,12,27H2,1-3H3,(H,30,32)/t17-,20+,21+/m1/s1. The summed E-state index contributed by atoms with van der Waals surface area (Å²) in [5.41, 5.74) is 6.80. The molecule has 1 amide bonds. The van der Waals surface area contributed by atoms with Crippen molar-refractivity contribution in [3.8, 4) is 17.0 Å². The molecule has 3 heterocycles.